The fraction of sp³-hybridized carbons (Fsp3) is 0.625. The zero-order chi connectivity index (χ0) is 10.2. The zero-order valence-corrected chi connectivity index (χ0v) is 9.51. The highest BCUT2D eigenvalue weighted by molar-refractivity contribution is 7.88. The molecule has 0 amide bonds. The van der Waals surface area contributed by atoms with Gasteiger partial charge in [0.1, 0.15) is 5.01 Å². The molecule has 1 fully saturated rings. The molecule has 6 heteroatoms. The molecule has 1 aromatic heterocycles. The maximum absolute atomic E-state index is 11.4. The Labute approximate surface area is 87.6 Å². The molecule has 1 atom stereocenters. The summed E-state index contributed by atoms with van der Waals surface area (Å²) in [7, 11) is -3.08. The molecule has 14 heavy (non-hydrogen) atoms. The van der Waals surface area contributed by atoms with Gasteiger partial charge in [-0.2, -0.15) is 4.31 Å². The summed E-state index contributed by atoms with van der Waals surface area (Å²) in [5.41, 5.74) is 0. The van der Waals surface area contributed by atoms with Crippen LogP contribution in [0, 0.1) is 0 Å². The van der Waals surface area contributed by atoms with Crippen molar-refractivity contribution >= 4 is 21.4 Å². The molecule has 2 rings (SSSR count). The SMILES string of the molecule is CS(=O)(=O)N1CCCC1c1nccs1. The minimum Gasteiger partial charge on any atom is -0.248 e. The second-order valence-electron chi connectivity index (χ2n) is 3.40. The number of thiazole rings is 1. The molecule has 4 nitrogen and oxygen atoms in total. The third kappa shape index (κ3) is 1.82. The van der Waals surface area contributed by atoms with Crippen molar-refractivity contribution in [2.75, 3.05) is 12.8 Å². The average molecular weight is 232 g/mol. The topological polar surface area (TPSA) is 50.3 Å². The van der Waals surface area contributed by atoms with Gasteiger partial charge >= 0.3 is 0 Å². The normalized spacial score (nSPS) is 24.2. The van der Waals surface area contributed by atoms with E-state index in [0.29, 0.717) is 6.54 Å². The second-order valence-corrected chi connectivity index (χ2v) is 6.26. The number of hydrogen-bond acceptors (Lipinski definition) is 4. The van der Waals surface area contributed by atoms with Crippen molar-refractivity contribution in [3.05, 3.63) is 16.6 Å². The van der Waals surface area contributed by atoms with Crippen LogP contribution in [0.15, 0.2) is 11.6 Å². The van der Waals surface area contributed by atoms with Gasteiger partial charge in [0.05, 0.1) is 12.3 Å². The lowest BCUT2D eigenvalue weighted by Gasteiger charge is -2.19. The van der Waals surface area contributed by atoms with Crippen LogP contribution in [0.25, 0.3) is 0 Å². The summed E-state index contributed by atoms with van der Waals surface area (Å²) in [5.74, 6) is 0. The predicted molar refractivity (Wildman–Crippen MR) is 55.6 cm³/mol. The van der Waals surface area contributed by atoms with E-state index in [1.165, 1.54) is 17.6 Å². The van der Waals surface area contributed by atoms with Gasteiger partial charge in [0.25, 0.3) is 0 Å². The maximum atomic E-state index is 11.4. The van der Waals surface area contributed by atoms with Crippen LogP contribution in [-0.4, -0.2) is 30.5 Å². The van der Waals surface area contributed by atoms with Gasteiger partial charge in [-0.05, 0) is 12.8 Å². The van der Waals surface area contributed by atoms with E-state index in [9.17, 15) is 8.42 Å². The van der Waals surface area contributed by atoms with Crippen molar-refractivity contribution < 1.29 is 8.42 Å². The summed E-state index contributed by atoms with van der Waals surface area (Å²) < 4.78 is 24.4. The molecule has 1 saturated heterocycles. The van der Waals surface area contributed by atoms with Crippen molar-refractivity contribution in [3.8, 4) is 0 Å². The molecule has 0 aromatic carbocycles. The van der Waals surface area contributed by atoms with Crippen molar-refractivity contribution in [1.29, 1.82) is 0 Å². The van der Waals surface area contributed by atoms with Gasteiger partial charge in [0.2, 0.25) is 10.0 Å². The smallest absolute Gasteiger partial charge is 0.211 e. The third-order valence-electron chi connectivity index (χ3n) is 2.37. The first kappa shape index (κ1) is 10.1. The molecule has 0 aliphatic carbocycles. The molecule has 1 aliphatic heterocycles. The minimum atomic E-state index is -3.08. The van der Waals surface area contributed by atoms with Gasteiger partial charge in [-0.3, -0.25) is 0 Å². The van der Waals surface area contributed by atoms with Crippen molar-refractivity contribution in [2.24, 2.45) is 0 Å². The highest BCUT2D eigenvalue weighted by Gasteiger charge is 2.33. The van der Waals surface area contributed by atoms with E-state index in [0.717, 1.165) is 17.8 Å². The number of aromatic nitrogens is 1. The number of sulfonamides is 1. The summed E-state index contributed by atoms with van der Waals surface area (Å²) >= 11 is 1.52. The van der Waals surface area contributed by atoms with Crippen LogP contribution in [0.5, 0.6) is 0 Å². The Kier molecular flexibility index (Phi) is 2.59. The molecule has 0 spiro atoms. The minimum absolute atomic E-state index is 0.0231. The second kappa shape index (κ2) is 3.60. The van der Waals surface area contributed by atoms with Crippen molar-refractivity contribution in [2.45, 2.75) is 18.9 Å². The van der Waals surface area contributed by atoms with Crippen LogP contribution in [0.4, 0.5) is 0 Å². The molecule has 0 N–H and O–H groups in total. The van der Waals surface area contributed by atoms with E-state index in [2.05, 4.69) is 4.98 Å². The Balaban J connectivity index is 2.28. The highest BCUT2D eigenvalue weighted by atomic mass is 32.2. The fourth-order valence-corrected chi connectivity index (χ4v) is 3.76. The molecule has 1 unspecified atom stereocenters. The van der Waals surface area contributed by atoms with E-state index in [1.807, 2.05) is 5.38 Å². The predicted octanol–water partition coefficient (Wildman–Crippen LogP) is 1.24. The van der Waals surface area contributed by atoms with Crippen LogP contribution in [0.1, 0.15) is 23.9 Å². The largest absolute Gasteiger partial charge is 0.248 e. The first-order valence-electron chi connectivity index (χ1n) is 4.45. The Morgan fingerprint density at radius 2 is 2.43 bits per heavy atom. The Morgan fingerprint density at radius 1 is 1.64 bits per heavy atom. The molecule has 0 radical (unpaired) electrons. The molecular weight excluding hydrogens is 220 g/mol. The number of rotatable bonds is 2. The van der Waals surface area contributed by atoms with Crippen LogP contribution >= 0.6 is 11.3 Å². The first-order chi connectivity index (χ1) is 6.59. The van der Waals surface area contributed by atoms with Gasteiger partial charge in [0, 0.05) is 18.1 Å². The van der Waals surface area contributed by atoms with Gasteiger partial charge in [-0.15, -0.1) is 11.3 Å². The van der Waals surface area contributed by atoms with Gasteiger partial charge in [-0.1, -0.05) is 0 Å². The fourth-order valence-electron chi connectivity index (χ4n) is 1.78. The monoisotopic (exact) mass is 232 g/mol. The van der Waals surface area contributed by atoms with E-state index in [4.69, 9.17) is 0 Å². The van der Waals surface area contributed by atoms with Crippen LogP contribution in [-0.2, 0) is 10.0 Å². The summed E-state index contributed by atoms with van der Waals surface area (Å²) in [6.07, 6.45) is 4.80. The van der Waals surface area contributed by atoms with Crippen LogP contribution in [0.3, 0.4) is 0 Å². The van der Waals surface area contributed by atoms with Gasteiger partial charge < -0.3 is 0 Å². The average Bonchev–Trinajstić information content (AvgIpc) is 2.73. The molecule has 78 valence electrons. The van der Waals surface area contributed by atoms with Crippen molar-refractivity contribution in [3.63, 3.8) is 0 Å². The third-order valence-corrected chi connectivity index (χ3v) is 4.53. The van der Waals surface area contributed by atoms with Crippen molar-refractivity contribution in [1.82, 2.24) is 9.29 Å². The molecule has 0 saturated carbocycles. The summed E-state index contributed by atoms with van der Waals surface area (Å²) in [4.78, 5) is 4.17. The Bertz CT molecular complexity index is 399. The first-order valence-corrected chi connectivity index (χ1v) is 7.18. The summed E-state index contributed by atoms with van der Waals surface area (Å²) in [6.45, 7) is 0.628. The van der Waals surface area contributed by atoms with Gasteiger partial charge in [-0.25, -0.2) is 13.4 Å². The summed E-state index contributed by atoms with van der Waals surface area (Å²) in [6, 6.07) is -0.0231. The van der Waals surface area contributed by atoms with E-state index >= 15 is 0 Å². The lowest BCUT2D eigenvalue weighted by molar-refractivity contribution is 0.399. The molecular formula is C8H12N2O2S2. The quantitative estimate of drug-likeness (QED) is 0.771. The van der Waals surface area contributed by atoms with E-state index < -0.39 is 10.0 Å². The molecule has 2 heterocycles. The molecule has 1 aliphatic rings. The lowest BCUT2D eigenvalue weighted by atomic mass is 10.2. The standard InChI is InChI=1S/C8H12N2O2S2/c1-14(11,12)10-5-2-3-7(10)8-9-4-6-13-8/h4,6-7H,2-3,5H2,1H3. The highest BCUT2D eigenvalue weighted by Crippen LogP contribution is 2.34. The molecule has 0 bridgehead atoms. The van der Waals surface area contributed by atoms with Gasteiger partial charge in [0.15, 0.2) is 0 Å². The maximum Gasteiger partial charge on any atom is 0.211 e. The zero-order valence-electron chi connectivity index (χ0n) is 7.88. The number of hydrogen-bond donors (Lipinski definition) is 0. The van der Waals surface area contributed by atoms with E-state index in [1.54, 1.807) is 10.5 Å². The van der Waals surface area contributed by atoms with E-state index in [-0.39, 0.29) is 6.04 Å². The molecule has 1 aromatic rings. The van der Waals surface area contributed by atoms with Crippen LogP contribution in [0.2, 0.25) is 0 Å². The van der Waals surface area contributed by atoms with Crippen LogP contribution < -0.4 is 0 Å². The Hall–Kier alpha value is -0.460. The Morgan fingerprint density at radius 3 is 3.00 bits per heavy atom. The number of nitrogens with zero attached hydrogens (tertiary/aromatic N) is 2. The summed E-state index contributed by atoms with van der Waals surface area (Å²) in [5, 5.41) is 2.79. The lowest BCUT2D eigenvalue weighted by Crippen LogP contribution is -2.29.